The molecular formula is C19H29Cl2N3O3. The summed E-state index contributed by atoms with van der Waals surface area (Å²) >= 11 is 0. The van der Waals surface area contributed by atoms with Gasteiger partial charge in [0.1, 0.15) is 24.4 Å². The summed E-state index contributed by atoms with van der Waals surface area (Å²) in [6.07, 6.45) is 1.42. The van der Waals surface area contributed by atoms with Gasteiger partial charge in [-0.25, -0.2) is 0 Å². The molecule has 3 N–H and O–H groups in total. The summed E-state index contributed by atoms with van der Waals surface area (Å²) in [6, 6.07) is 9.40. The van der Waals surface area contributed by atoms with Gasteiger partial charge in [-0.3, -0.25) is 4.79 Å². The van der Waals surface area contributed by atoms with E-state index in [-0.39, 0.29) is 37.3 Å². The molecule has 0 saturated heterocycles. The van der Waals surface area contributed by atoms with Crippen molar-refractivity contribution in [1.29, 1.82) is 0 Å². The van der Waals surface area contributed by atoms with Crippen LogP contribution >= 0.6 is 24.8 Å². The summed E-state index contributed by atoms with van der Waals surface area (Å²) < 4.78 is 11.1. The van der Waals surface area contributed by atoms with Gasteiger partial charge < -0.3 is 25.1 Å². The molecule has 0 fully saturated rings. The van der Waals surface area contributed by atoms with E-state index in [2.05, 4.69) is 24.1 Å². The number of carbonyl (C=O) groups is 1. The number of nitrogens with one attached hydrogen (secondary N) is 1. The number of nitrogens with two attached hydrogens (primary N) is 1. The highest BCUT2D eigenvalue weighted by molar-refractivity contribution is 5.93. The molecule has 0 spiro atoms. The number of para-hydroxylation sites is 1. The van der Waals surface area contributed by atoms with Crippen molar-refractivity contribution in [2.75, 3.05) is 26.2 Å². The minimum atomic E-state index is -0.193. The van der Waals surface area contributed by atoms with Gasteiger partial charge in [0.05, 0.1) is 12.1 Å². The summed E-state index contributed by atoms with van der Waals surface area (Å²) in [4.78, 5) is 14.5. The molecule has 0 aliphatic rings. The molecule has 0 aliphatic carbocycles. The summed E-state index contributed by atoms with van der Waals surface area (Å²) in [5.41, 5.74) is 6.91. The van der Waals surface area contributed by atoms with Crippen LogP contribution in [0.3, 0.4) is 0 Å². The first-order valence-corrected chi connectivity index (χ1v) is 8.66. The fourth-order valence-electron chi connectivity index (χ4n) is 2.50. The molecule has 0 atom stereocenters. The predicted octanol–water partition coefficient (Wildman–Crippen LogP) is 3.23. The zero-order valence-electron chi connectivity index (χ0n) is 15.8. The quantitative estimate of drug-likeness (QED) is 0.619. The van der Waals surface area contributed by atoms with Crippen LogP contribution in [0.2, 0.25) is 0 Å². The van der Waals surface area contributed by atoms with Crippen molar-refractivity contribution in [1.82, 2.24) is 10.2 Å². The van der Waals surface area contributed by atoms with Gasteiger partial charge in [0.2, 0.25) is 0 Å². The number of nitrogens with zero attached hydrogens (tertiary/aromatic N) is 1. The Hall–Kier alpha value is -1.73. The Kier molecular flexibility index (Phi) is 12.6. The largest absolute Gasteiger partial charge is 0.492 e. The molecular weight excluding hydrogens is 389 g/mol. The third-order valence-corrected chi connectivity index (χ3v) is 4.09. The summed E-state index contributed by atoms with van der Waals surface area (Å²) in [7, 11) is 0. The van der Waals surface area contributed by atoms with E-state index in [4.69, 9.17) is 14.9 Å². The molecule has 1 aromatic carbocycles. The van der Waals surface area contributed by atoms with Crippen LogP contribution in [0.1, 0.15) is 35.5 Å². The third-order valence-electron chi connectivity index (χ3n) is 4.09. The maximum atomic E-state index is 12.2. The number of likely N-dealkylation sites (N-methyl/N-ethyl adjacent to an activating group) is 1. The summed E-state index contributed by atoms with van der Waals surface area (Å²) in [6.45, 7) is 8.46. The standard InChI is InChI=1S/C19H27N3O3.2ClH/c1-3-22(4-2)9-10-24-18-8-6-5-7-15(18)13-21-19(23)16-11-17(12-20)25-14-16;;/h5-8,11,14H,3-4,9-10,12-13,20H2,1-2H3,(H,21,23);2*1H. The fourth-order valence-corrected chi connectivity index (χ4v) is 2.50. The predicted molar refractivity (Wildman–Crippen MR) is 112 cm³/mol. The lowest BCUT2D eigenvalue weighted by molar-refractivity contribution is 0.0950. The lowest BCUT2D eigenvalue weighted by atomic mass is 10.2. The van der Waals surface area contributed by atoms with Gasteiger partial charge in [-0.15, -0.1) is 24.8 Å². The zero-order chi connectivity index (χ0) is 18.1. The van der Waals surface area contributed by atoms with E-state index in [1.165, 1.54) is 6.26 Å². The molecule has 0 unspecified atom stereocenters. The van der Waals surface area contributed by atoms with Crippen LogP contribution in [0.5, 0.6) is 5.75 Å². The Morgan fingerprint density at radius 3 is 2.56 bits per heavy atom. The second-order valence-electron chi connectivity index (χ2n) is 5.67. The first-order chi connectivity index (χ1) is 12.2. The average molecular weight is 418 g/mol. The molecule has 2 rings (SSSR count). The molecule has 6 nitrogen and oxygen atoms in total. The smallest absolute Gasteiger partial charge is 0.254 e. The number of halogens is 2. The van der Waals surface area contributed by atoms with Crippen molar-refractivity contribution in [3.8, 4) is 5.75 Å². The molecule has 0 bridgehead atoms. The van der Waals surface area contributed by atoms with Crippen LogP contribution in [0.4, 0.5) is 0 Å². The Morgan fingerprint density at radius 1 is 1.22 bits per heavy atom. The normalized spacial score (nSPS) is 10.1. The number of ether oxygens (including phenoxy) is 1. The minimum absolute atomic E-state index is 0. The van der Waals surface area contributed by atoms with Gasteiger partial charge in [-0.2, -0.15) is 0 Å². The lowest BCUT2D eigenvalue weighted by Gasteiger charge is -2.19. The van der Waals surface area contributed by atoms with E-state index in [9.17, 15) is 4.79 Å². The van der Waals surface area contributed by atoms with Crippen molar-refractivity contribution >= 4 is 30.7 Å². The van der Waals surface area contributed by atoms with Gasteiger partial charge in [-0.1, -0.05) is 32.0 Å². The number of rotatable bonds is 10. The Balaban J connectivity index is 0.00000338. The Bertz CT molecular complexity index is 676. The topological polar surface area (TPSA) is 80.7 Å². The maximum Gasteiger partial charge on any atom is 0.254 e. The Morgan fingerprint density at radius 2 is 1.93 bits per heavy atom. The van der Waals surface area contributed by atoms with Crippen molar-refractivity contribution in [3.05, 3.63) is 53.5 Å². The van der Waals surface area contributed by atoms with E-state index in [0.29, 0.717) is 24.5 Å². The first-order valence-electron chi connectivity index (χ1n) is 8.66. The van der Waals surface area contributed by atoms with Crippen LogP contribution < -0.4 is 15.8 Å². The highest BCUT2D eigenvalue weighted by Crippen LogP contribution is 2.18. The maximum absolute atomic E-state index is 12.2. The SMILES string of the molecule is CCN(CC)CCOc1ccccc1CNC(=O)c1coc(CN)c1.Cl.Cl. The first kappa shape index (κ1) is 25.3. The van der Waals surface area contributed by atoms with Crippen LogP contribution in [-0.4, -0.2) is 37.0 Å². The number of hydrogen-bond acceptors (Lipinski definition) is 5. The molecule has 0 radical (unpaired) electrons. The highest BCUT2D eigenvalue weighted by atomic mass is 35.5. The monoisotopic (exact) mass is 417 g/mol. The molecule has 0 aliphatic heterocycles. The number of furan rings is 1. The molecule has 8 heteroatoms. The lowest BCUT2D eigenvalue weighted by Crippen LogP contribution is -2.28. The van der Waals surface area contributed by atoms with E-state index >= 15 is 0 Å². The number of hydrogen-bond donors (Lipinski definition) is 2. The van der Waals surface area contributed by atoms with Crippen LogP contribution in [0.25, 0.3) is 0 Å². The molecule has 27 heavy (non-hydrogen) atoms. The highest BCUT2D eigenvalue weighted by Gasteiger charge is 2.11. The summed E-state index contributed by atoms with van der Waals surface area (Å²) in [5, 5.41) is 2.88. The van der Waals surface area contributed by atoms with Gasteiger partial charge in [0.15, 0.2) is 0 Å². The second kappa shape index (κ2) is 13.4. The number of carbonyl (C=O) groups excluding carboxylic acids is 1. The number of amides is 1. The minimum Gasteiger partial charge on any atom is -0.492 e. The van der Waals surface area contributed by atoms with Crippen molar-refractivity contribution < 1.29 is 13.9 Å². The Labute approximate surface area is 173 Å². The van der Waals surface area contributed by atoms with E-state index in [1.807, 2.05) is 24.3 Å². The molecule has 1 aromatic heterocycles. The van der Waals surface area contributed by atoms with Gasteiger partial charge in [0, 0.05) is 18.7 Å². The summed E-state index contributed by atoms with van der Waals surface area (Å²) in [5.74, 6) is 1.19. The van der Waals surface area contributed by atoms with E-state index < -0.39 is 0 Å². The number of benzene rings is 1. The van der Waals surface area contributed by atoms with Crippen molar-refractivity contribution in [2.45, 2.75) is 26.9 Å². The van der Waals surface area contributed by atoms with Crippen molar-refractivity contribution in [2.24, 2.45) is 5.73 Å². The second-order valence-corrected chi connectivity index (χ2v) is 5.67. The van der Waals surface area contributed by atoms with E-state index in [1.54, 1.807) is 6.07 Å². The average Bonchev–Trinajstić information content (AvgIpc) is 3.13. The molecule has 1 heterocycles. The third kappa shape index (κ3) is 7.81. The van der Waals surface area contributed by atoms with Crippen molar-refractivity contribution in [3.63, 3.8) is 0 Å². The van der Waals surface area contributed by atoms with Gasteiger partial charge in [0.25, 0.3) is 5.91 Å². The van der Waals surface area contributed by atoms with Gasteiger partial charge in [-0.05, 0) is 25.2 Å². The molecule has 1 amide bonds. The van der Waals surface area contributed by atoms with E-state index in [0.717, 1.165) is 30.9 Å². The van der Waals surface area contributed by atoms with Crippen LogP contribution in [0.15, 0.2) is 41.0 Å². The molecule has 152 valence electrons. The molecule has 2 aromatic rings. The van der Waals surface area contributed by atoms with Crippen LogP contribution in [0, 0.1) is 0 Å². The zero-order valence-corrected chi connectivity index (χ0v) is 17.4. The van der Waals surface area contributed by atoms with Gasteiger partial charge >= 0.3 is 0 Å². The fraction of sp³-hybridized carbons (Fsp3) is 0.421. The molecule has 0 saturated carbocycles. The van der Waals surface area contributed by atoms with Crippen LogP contribution in [-0.2, 0) is 13.1 Å².